The van der Waals surface area contributed by atoms with Crippen LogP contribution in [-0.4, -0.2) is 40.6 Å². The Morgan fingerprint density at radius 3 is 2.37 bits per heavy atom. The van der Waals surface area contributed by atoms with Gasteiger partial charge in [-0.1, -0.05) is 32.0 Å². The van der Waals surface area contributed by atoms with Crippen LogP contribution in [0.3, 0.4) is 0 Å². The molecular formula is C28H30F3N5O2. The van der Waals surface area contributed by atoms with Crippen molar-refractivity contribution in [2.24, 2.45) is 11.1 Å². The first-order chi connectivity index (χ1) is 17.9. The molecule has 0 saturated carbocycles. The molecule has 5 rings (SSSR count). The number of nitrogens with one attached hydrogen (secondary N) is 1. The van der Waals surface area contributed by atoms with Gasteiger partial charge in [0.15, 0.2) is 11.5 Å². The number of carbonyl (C=O) groups is 2. The largest absolute Gasteiger partial charge is 0.435 e. The molecule has 38 heavy (non-hydrogen) atoms. The number of primary amides is 1. The molecule has 1 aliphatic heterocycles. The maximum atomic E-state index is 13.9. The number of Topliss-reactive ketones (excluding diaryl/α,β-unsaturated/α-hetero) is 1. The third kappa shape index (κ3) is 4.99. The number of halogens is 3. The molecule has 2 aromatic carbocycles. The molecule has 2 heterocycles. The molecule has 3 aromatic rings. The van der Waals surface area contributed by atoms with E-state index in [1.807, 2.05) is 32.0 Å². The molecule has 1 saturated heterocycles. The summed E-state index contributed by atoms with van der Waals surface area (Å²) in [5.41, 5.74) is 5.97. The second-order valence-corrected chi connectivity index (χ2v) is 10.9. The fraction of sp³-hybridized carbons (Fsp3) is 0.393. The van der Waals surface area contributed by atoms with Crippen LogP contribution in [0.1, 0.15) is 65.2 Å². The van der Waals surface area contributed by atoms with E-state index in [9.17, 15) is 22.8 Å². The van der Waals surface area contributed by atoms with Gasteiger partial charge in [-0.3, -0.25) is 9.59 Å². The summed E-state index contributed by atoms with van der Waals surface area (Å²) in [6.07, 6.45) is -2.89. The summed E-state index contributed by atoms with van der Waals surface area (Å²) < 4.78 is 42.8. The topological polar surface area (TPSA) is 93.2 Å². The van der Waals surface area contributed by atoms with Crippen molar-refractivity contribution in [2.45, 2.75) is 51.7 Å². The van der Waals surface area contributed by atoms with Gasteiger partial charge in [0, 0.05) is 36.9 Å². The second-order valence-electron chi connectivity index (χ2n) is 10.9. The first-order valence-electron chi connectivity index (χ1n) is 12.7. The molecule has 1 aliphatic carbocycles. The molecule has 1 amide bonds. The number of nitrogens with zero attached hydrogens (tertiary/aromatic N) is 3. The minimum Gasteiger partial charge on any atom is -0.381 e. The van der Waals surface area contributed by atoms with Crippen molar-refractivity contribution < 1.29 is 22.8 Å². The van der Waals surface area contributed by atoms with Gasteiger partial charge >= 0.3 is 6.18 Å². The van der Waals surface area contributed by atoms with Crippen molar-refractivity contribution in [1.82, 2.24) is 9.78 Å². The summed E-state index contributed by atoms with van der Waals surface area (Å²) in [6, 6.07) is 14.8. The Morgan fingerprint density at radius 2 is 1.74 bits per heavy atom. The summed E-state index contributed by atoms with van der Waals surface area (Å²) in [6.45, 7) is 5.32. The summed E-state index contributed by atoms with van der Waals surface area (Å²) in [5, 5.41) is 7.27. The van der Waals surface area contributed by atoms with Gasteiger partial charge in [-0.15, -0.1) is 0 Å². The summed E-state index contributed by atoms with van der Waals surface area (Å²) >= 11 is 0. The Hall–Kier alpha value is -3.82. The second kappa shape index (κ2) is 9.49. The molecule has 0 bridgehead atoms. The van der Waals surface area contributed by atoms with Gasteiger partial charge in [-0.2, -0.15) is 18.3 Å². The van der Waals surface area contributed by atoms with Crippen LogP contribution in [0.15, 0.2) is 48.5 Å². The molecule has 0 spiro atoms. The number of nitrogens with two attached hydrogens (primary N) is 1. The smallest absolute Gasteiger partial charge is 0.381 e. The van der Waals surface area contributed by atoms with Gasteiger partial charge in [0.25, 0.3) is 5.91 Å². The predicted octanol–water partition coefficient (Wildman–Crippen LogP) is 5.23. The highest BCUT2D eigenvalue weighted by Crippen LogP contribution is 2.42. The van der Waals surface area contributed by atoms with E-state index in [1.165, 1.54) is 16.8 Å². The summed E-state index contributed by atoms with van der Waals surface area (Å²) in [7, 11) is 0. The zero-order chi connectivity index (χ0) is 27.2. The normalized spacial score (nSPS) is 17.8. The molecule has 1 aromatic heterocycles. The Bertz CT molecular complexity index is 1370. The highest BCUT2D eigenvalue weighted by Gasteiger charge is 2.45. The minimum atomic E-state index is -4.77. The number of alkyl halides is 3. The van der Waals surface area contributed by atoms with Gasteiger partial charge < -0.3 is 16.0 Å². The maximum absolute atomic E-state index is 13.9. The minimum absolute atomic E-state index is 0.0177. The molecule has 1 fully saturated rings. The number of ketones is 1. The van der Waals surface area contributed by atoms with Crippen LogP contribution < -0.4 is 16.0 Å². The number of rotatable bonds is 5. The van der Waals surface area contributed by atoms with Gasteiger partial charge in [0.1, 0.15) is 0 Å². The molecule has 0 atom stereocenters. The van der Waals surface area contributed by atoms with E-state index in [1.54, 1.807) is 6.07 Å². The van der Waals surface area contributed by atoms with Crippen molar-refractivity contribution in [3.63, 3.8) is 0 Å². The molecule has 0 unspecified atom stereocenters. The van der Waals surface area contributed by atoms with Gasteiger partial charge in [0.05, 0.1) is 22.5 Å². The number of hydrogen-bond donors (Lipinski definition) is 2. The average molecular weight is 526 g/mol. The zero-order valence-corrected chi connectivity index (χ0v) is 21.3. The molecule has 7 nitrogen and oxygen atoms in total. The van der Waals surface area contributed by atoms with Crippen LogP contribution in [0.4, 0.5) is 24.5 Å². The Balaban J connectivity index is 1.47. The van der Waals surface area contributed by atoms with Crippen molar-refractivity contribution >= 4 is 23.1 Å². The third-order valence-electron chi connectivity index (χ3n) is 7.30. The van der Waals surface area contributed by atoms with Crippen molar-refractivity contribution in [3.8, 4) is 5.69 Å². The SMILES string of the molecule is CC1(C)CC(=O)c2c(C(F)(F)F)nn(-c3ccc(C(N)=O)c(NC4CCN(c5ccccc5)CC4)c3)c2C1. The number of fused-ring (bicyclic) bond motifs is 1. The van der Waals surface area contributed by atoms with Crippen LogP contribution in [0.2, 0.25) is 0 Å². The van der Waals surface area contributed by atoms with Crippen LogP contribution >= 0.6 is 0 Å². The first kappa shape index (κ1) is 25.8. The standard InChI is InChI=1S/C28H30F3N5O2/c1-27(2)15-22-24(23(37)16-27)25(28(29,30)31)34-36(22)19-8-9-20(26(32)38)21(14-19)33-17-10-12-35(13-11-17)18-6-4-3-5-7-18/h3-9,14,17,33H,10-13,15-16H2,1-2H3,(H2,32,38). The predicted molar refractivity (Wildman–Crippen MR) is 139 cm³/mol. The van der Waals surface area contributed by atoms with E-state index in [2.05, 4.69) is 27.4 Å². The lowest BCUT2D eigenvalue weighted by molar-refractivity contribution is -0.141. The number of aromatic nitrogens is 2. The number of hydrogen-bond acceptors (Lipinski definition) is 5. The van der Waals surface area contributed by atoms with E-state index in [0.29, 0.717) is 11.4 Å². The highest BCUT2D eigenvalue weighted by molar-refractivity contribution is 6.00. The number of amides is 1. The van der Waals surface area contributed by atoms with E-state index in [0.717, 1.165) is 31.6 Å². The molecule has 0 radical (unpaired) electrons. The first-order valence-corrected chi connectivity index (χ1v) is 12.7. The average Bonchev–Trinajstić information content (AvgIpc) is 3.24. The number of benzene rings is 2. The number of anilines is 2. The van der Waals surface area contributed by atoms with E-state index in [4.69, 9.17) is 5.73 Å². The van der Waals surface area contributed by atoms with Crippen LogP contribution in [0, 0.1) is 5.41 Å². The van der Waals surface area contributed by atoms with Crippen LogP contribution in [0.25, 0.3) is 5.69 Å². The number of para-hydroxylation sites is 1. The Kier molecular flexibility index (Phi) is 6.44. The van der Waals surface area contributed by atoms with Gasteiger partial charge in [0.2, 0.25) is 0 Å². The summed E-state index contributed by atoms with van der Waals surface area (Å²) in [5.74, 6) is -1.21. The van der Waals surface area contributed by atoms with E-state index >= 15 is 0 Å². The molecule has 200 valence electrons. The highest BCUT2D eigenvalue weighted by atomic mass is 19.4. The molecule has 2 aliphatic rings. The zero-order valence-electron chi connectivity index (χ0n) is 21.3. The van der Waals surface area contributed by atoms with Crippen molar-refractivity contribution in [3.05, 3.63) is 71.0 Å². The van der Waals surface area contributed by atoms with E-state index < -0.39 is 29.0 Å². The Labute approximate surface area is 218 Å². The third-order valence-corrected chi connectivity index (χ3v) is 7.30. The monoisotopic (exact) mass is 525 g/mol. The lowest BCUT2D eigenvalue weighted by Gasteiger charge is -2.34. The fourth-order valence-electron chi connectivity index (χ4n) is 5.50. The molecular weight excluding hydrogens is 495 g/mol. The van der Waals surface area contributed by atoms with E-state index in [-0.39, 0.29) is 35.7 Å². The van der Waals surface area contributed by atoms with Crippen LogP contribution in [-0.2, 0) is 12.6 Å². The lowest BCUT2D eigenvalue weighted by atomic mass is 9.75. The van der Waals surface area contributed by atoms with Crippen molar-refractivity contribution in [1.29, 1.82) is 0 Å². The lowest BCUT2D eigenvalue weighted by Crippen LogP contribution is -2.39. The van der Waals surface area contributed by atoms with Gasteiger partial charge in [-0.05, 0) is 55.0 Å². The molecule has 10 heteroatoms. The van der Waals surface area contributed by atoms with Gasteiger partial charge in [-0.25, -0.2) is 4.68 Å². The number of piperidine rings is 1. The number of carbonyl (C=O) groups excluding carboxylic acids is 2. The Morgan fingerprint density at radius 1 is 1.05 bits per heavy atom. The quantitative estimate of drug-likeness (QED) is 0.476. The summed E-state index contributed by atoms with van der Waals surface area (Å²) in [4.78, 5) is 27.3. The molecule has 3 N–H and O–H groups in total. The van der Waals surface area contributed by atoms with Crippen LogP contribution in [0.5, 0.6) is 0 Å². The maximum Gasteiger partial charge on any atom is 0.435 e. The van der Waals surface area contributed by atoms with Crippen molar-refractivity contribution in [2.75, 3.05) is 23.3 Å². The fourth-order valence-corrected chi connectivity index (χ4v) is 5.50.